The number of hydrogen-bond donors (Lipinski definition) is 0. The van der Waals surface area contributed by atoms with Crippen LogP contribution in [0.1, 0.15) is 35.7 Å². The van der Waals surface area contributed by atoms with Crippen LogP contribution in [-0.2, 0) is 0 Å². The summed E-state index contributed by atoms with van der Waals surface area (Å²) in [4.78, 5) is 10.9. The van der Waals surface area contributed by atoms with Gasteiger partial charge in [-0.25, -0.2) is 4.68 Å². The van der Waals surface area contributed by atoms with Crippen molar-refractivity contribution in [1.82, 2.24) is 9.78 Å². The highest BCUT2D eigenvalue weighted by atomic mass is 35.5. The molecule has 0 amide bonds. The molecule has 0 fully saturated rings. The highest BCUT2D eigenvalue weighted by molar-refractivity contribution is 6.67. The summed E-state index contributed by atoms with van der Waals surface area (Å²) in [6.45, 7) is 4.29. The topological polar surface area (TPSA) is 34.9 Å². The van der Waals surface area contributed by atoms with Gasteiger partial charge in [0.2, 0.25) is 0 Å². The lowest BCUT2D eigenvalue weighted by Gasteiger charge is -2.06. The first kappa shape index (κ1) is 11.9. The second-order valence-corrected chi connectivity index (χ2v) is 4.54. The molecule has 1 aromatic heterocycles. The molecule has 0 aliphatic carbocycles. The number of halogens is 1. The molecule has 0 aliphatic heterocycles. The molecular formula is C13H13ClN2O. The second kappa shape index (κ2) is 4.72. The van der Waals surface area contributed by atoms with Crippen molar-refractivity contribution >= 4 is 16.8 Å². The third-order valence-electron chi connectivity index (χ3n) is 2.63. The van der Waals surface area contributed by atoms with Gasteiger partial charge in [-0.15, -0.1) is 0 Å². The zero-order valence-corrected chi connectivity index (χ0v) is 10.5. The summed E-state index contributed by atoms with van der Waals surface area (Å²) >= 11 is 5.38. The van der Waals surface area contributed by atoms with Gasteiger partial charge in [-0.3, -0.25) is 4.79 Å². The summed E-state index contributed by atoms with van der Waals surface area (Å²) in [7, 11) is 0. The van der Waals surface area contributed by atoms with Gasteiger partial charge in [-0.05, 0) is 35.2 Å². The summed E-state index contributed by atoms with van der Waals surface area (Å²) in [6.07, 6.45) is 3.09. The Balaban J connectivity index is 2.30. The minimum absolute atomic E-state index is 0.402. The van der Waals surface area contributed by atoms with Crippen LogP contribution in [0.5, 0.6) is 0 Å². The van der Waals surface area contributed by atoms with Crippen LogP contribution < -0.4 is 0 Å². The average molecular weight is 249 g/mol. The molecule has 0 saturated carbocycles. The van der Waals surface area contributed by atoms with E-state index in [4.69, 9.17) is 11.6 Å². The maximum atomic E-state index is 10.9. The first-order valence-electron chi connectivity index (χ1n) is 5.43. The van der Waals surface area contributed by atoms with Crippen LogP contribution in [0.4, 0.5) is 0 Å². The molecule has 0 saturated heterocycles. The lowest BCUT2D eigenvalue weighted by molar-refractivity contribution is 0.108. The van der Waals surface area contributed by atoms with Crippen molar-refractivity contribution in [2.45, 2.75) is 19.8 Å². The Kier molecular flexibility index (Phi) is 3.29. The van der Waals surface area contributed by atoms with Gasteiger partial charge >= 0.3 is 0 Å². The van der Waals surface area contributed by atoms with E-state index in [-0.39, 0.29) is 0 Å². The highest BCUT2D eigenvalue weighted by Crippen LogP contribution is 2.17. The lowest BCUT2D eigenvalue weighted by Crippen LogP contribution is -1.95. The molecular weight excluding hydrogens is 236 g/mol. The maximum Gasteiger partial charge on any atom is 0.255 e. The molecule has 0 bridgehead atoms. The molecule has 0 unspecified atom stereocenters. The van der Waals surface area contributed by atoms with Crippen molar-refractivity contribution in [2.75, 3.05) is 0 Å². The molecule has 2 rings (SSSR count). The van der Waals surface area contributed by atoms with Crippen LogP contribution in [0.2, 0.25) is 0 Å². The quantitative estimate of drug-likeness (QED) is 0.781. The number of rotatable bonds is 3. The maximum absolute atomic E-state index is 10.9. The summed E-state index contributed by atoms with van der Waals surface area (Å²) in [5, 5.41) is 3.60. The van der Waals surface area contributed by atoms with E-state index in [2.05, 4.69) is 31.1 Å². The molecule has 1 aromatic carbocycles. The normalized spacial score (nSPS) is 10.8. The van der Waals surface area contributed by atoms with Crippen molar-refractivity contribution in [2.24, 2.45) is 0 Å². The van der Waals surface area contributed by atoms with Gasteiger partial charge in [-0.2, -0.15) is 5.10 Å². The number of carbonyl (C=O) groups excluding carboxylic acids is 1. The first-order chi connectivity index (χ1) is 8.08. The summed E-state index contributed by atoms with van der Waals surface area (Å²) in [5.74, 6) is 0.502. The van der Waals surface area contributed by atoms with Crippen LogP contribution in [0.3, 0.4) is 0 Å². The fourth-order valence-electron chi connectivity index (χ4n) is 1.58. The molecule has 3 nitrogen and oxygen atoms in total. The Morgan fingerprint density at radius 2 is 1.94 bits per heavy atom. The van der Waals surface area contributed by atoms with Gasteiger partial charge in [-0.1, -0.05) is 26.0 Å². The van der Waals surface area contributed by atoms with E-state index < -0.39 is 5.24 Å². The fourth-order valence-corrected chi connectivity index (χ4v) is 1.68. The third kappa shape index (κ3) is 2.56. The molecule has 0 spiro atoms. The standard InChI is InChI=1S/C13H13ClN2O/c1-9(2)10-3-5-12(6-4-10)16-8-11(7-15-16)13(14)17/h3-9H,1-2H3. The van der Waals surface area contributed by atoms with Crippen LogP contribution in [-0.4, -0.2) is 15.0 Å². The summed E-state index contributed by atoms with van der Waals surface area (Å²) in [5.41, 5.74) is 2.59. The van der Waals surface area contributed by atoms with Crippen molar-refractivity contribution < 1.29 is 4.79 Å². The predicted molar refractivity (Wildman–Crippen MR) is 67.8 cm³/mol. The van der Waals surface area contributed by atoms with E-state index in [1.807, 2.05) is 12.1 Å². The Labute approximate surface area is 105 Å². The molecule has 0 radical (unpaired) electrons. The number of benzene rings is 1. The Bertz CT molecular complexity index is 529. The summed E-state index contributed by atoms with van der Waals surface area (Å²) < 4.78 is 1.64. The van der Waals surface area contributed by atoms with Gasteiger partial charge in [0.25, 0.3) is 5.24 Å². The van der Waals surface area contributed by atoms with E-state index in [1.54, 1.807) is 10.9 Å². The first-order valence-corrected chi connectivity index (χ1v) is 5.80. The molecule has 0 aliphatic rings. The van der Waals surface area contributed by atoms with E-state index in [9.17, 15) is 4.79 Å². The number of carbonyl (C=O) groups is 1. The smallest absolute Gasteiger partial charge is 0.255 e. The number of hydrogen-bond acceptors (Lipinski definition) is 2. The SMILES string of the molecule is CC(C)c1ccc(-n2cc(C(=O)Cl)cn2)cc1. The zero-order valence-electron chi connectivity index (χ0n) is 9.72. The number of aromatic nitrogens is 2. The minimum atomic E-state index is -0.491. The zero-order chi connectivity index (χ0) is 12.4. The highest BCUT2D eigenvalue weighted by Gasteiger charge is 2.06. The largest absolute Gasteiger partial charge is 0.275 e. The van der Waals surface area contributed by atoms with E-state index in [0.717, 1.165) is 5.69 Å². The lowest BCUT2D eigenvalue weighted by atomic mass is 10.0. The van der Waals surface area contributed by atoms with Gasteiger partial charge in [0.15, 0.2) is 0 Å². The van der Waals surface area contributed by atoms with E-state index in [1.165, 1.54) is 11.8 Å². The van der Waals surface area contributed by atoms with Gasteiger partial charge in [0.1, 0.15) is 0 Å². The molecule has 1 heterocycles. The molecule has 0 N–H and O–H groups in total. The molecule has 0 atom stereocenters. The monoisotopic (exact) mass is 248 g/mol. The van der Waals surface area contributed by atoms with Crippen molar-refractivity contribution in [3.63, 3.8) is 0 Å². The fraction of sp³-hybridized carbons (Fsp3) is 0.231. The van der Waals surface area contributed by atoms with Crippen molar-refractivity contribution in [1.29, 1.82) is 0 Å². The van der Waals surface area contributed by atoms with Crippen LogP contribution >= 0.6 is 11.6 Å². The molecule has 17 heavy (non-hydrogen) atoms. The van der Waals surface area contributed by atoms with Gasteiger partial charge in [0, 0.05) is 6.20 Å². The van der Waals surface area contributed by atoms with Crippen LogP contribution in [0, 0.1) is 0 Å². The summed E-state index contributed by atoms with van der Waals surface area (Å²) in [6, 6.07) is 8.07. The van der Waals surface area contributed by atoms with Crippen molar-refractivity contribution in [3.05, 3.63) is 47.8 Å². The van der Waals surface area contributed by atoms with E-state index in [0.29, 0.717) is 11.5 Å². The van der Waals surface area contributed by atoms with Crippen LogP contribution in [0.15, 0.2) is 36.7 Å². The molecule has 88 valence electrons. The van der Waals surface area contributed by atoms with Crippen molar-refractivity contribution in [3.8, 4) is 5.69 Å². The van der Waals surface area contributed by atoms with E-state index >= 15 is 0 Å². The average Bonchev–Trinajstić information content (AvgIpc) is 2.78. The second-order valence-electron chi connectivity index (χ2n) is 4.19. The third-order valence-corrected chi connectivity index (χ3v) is 2.85. The van der Waals surface area contributed by atoms with Gasteiger partial charge in [0.05, 0.1) is 17.4 Å². The minimum Gasteiger partial charge on any atom is -0.275 e. The Hall–Kier alpha value is -1.61. The Morgan fingerprint density at radius 1 is 1.29 bits per heavy atom. The molecule has 4 heteroatoms. The van der Waals surface area contributed by atoms with Gasteiger partial charge < -0.3 is 0 Å². The predicted octanol–water partition coefficient (Wildman–Crippen LogP) is 3.37. The van der Waals surface area contributed by atoms with Crippen LogP contribution in [0.25, 0.3) is 5.69 Å². The Morgan fingerprint density at radius 3 is 2.41 bits per heavy atom. The molecule has 2 aromatic rings. The number of nitrogens with zero attached hydrogens (tertiary/aromatic N) is 2.